The molecule has 1 aromatic carbocycles. The second-order valence-electron chi connectivity index (χ2n) is 6.62. The molecule has 0 bridgehead atoms. The summed E-state index contributed by atoms with van der Waals surface area (Å²) in [5.41, 5.74) is 0.485. The van der Waals surface area contributed by atoms with E-state index in [0.29, 0.717) is 39.6 Å². The summed E-state index contributed by atoms with van der Waals surface area (Å²) >= 11 is 19.4. The summed E-state index contributed by atoms with van der Waals surface area (Å²) in [7, 11) is 1.79. The van der Waals surface area contributed by atoms with E-state index in [0.717, 1.165) is 17.7 Å². The molecule has 0 radical (unpaired) electrons. The van der Waals surface area contributed by atoms with Crippen LogP contribution in [0, 0.1) is 5.92 Å². The van der Waals surface area contributed by atoms with Crippen LogP contribution in [0.25, 0.3) is 0 Å². The number of carbonyl (C=O) groups is 2. The Bertz CT molecular complexity index is 855. The van der Waals surface area contributed by atoms with Gasteiger partial charge in [0.25, 0.3) is 5.91 Å². The molecule has 8 heteroatoms. The maximum atomic E-state index is 12.8. The number of halogens is 3. The zero-order valence-corrected chi connectivity index (χ0v) is 17.8. The molecule has 0 saturated carbocycles. The van der Waals surface area contributed by atoms with Crippen LogP contribution in [0.3, 0.4) is 0 Å². The molecule has 1 saturated heterocycles. The summed E-state index contributed by atoms with van der Waals surface area (Å²) in [6, 6.07) is 8.61. The minimum Gasteiger partial charge on any atom is -0.340 e. The highest BCUT2D eigenvalue weighted by Crippen LogP contribution is 2.26. The number of carbonyl (C=O) groups excluding carboxylic acids is 2. The van der Waals surface area contributed by atoms with Gasteiger partial charge < -0.3 is 9.80 Å². The third-order valence-electron chi connectivity index (χ3n) is 4.62. The van der Waals surface area contributed by atoms with Gasteiger partial charge in [-0.05, 0) is 43.2 Å². The number of nitrogens with zero attached hydrogens (tertiary/aromatic N) is 2. The minimum atomic E-state index is -0.203. The quantitative estimate of drug-likeness (QED) is 0.647. The first kappa shape index (κ1) is 20.5. The predicted octanol–water partition coefficient (Wildman–Crippen LogP) is 5.22. The maximum absolute atomic E-state index is 12.8. The number of hydrogen-bond donors (Lipinski definition) is 0. The fourth-order valence-corrected chi connectivity index (χ4v) is 4.67. The molecule has 1 aromatic heterocycles. The molecular formula is C19H19Cl3N2O2S. The number of amides is 2. The van der Waals surface area contributed by atoms with Crippen LogP contribution >= 0.6 is 46.1 Å². The van der Waals surface area contributed by atoms with Crippen LogP contribution in [0.15, 0.2) is 30.3 Å². The molecule has 1 unspecified atom stereocenters. The molecule has 4 nitrogen and oxygen atoms in total. The van der Waals surface area contributed by atoms with E-state index in [1.54, 1.807) is 35.0 Å². The normalized spacial score (nSPS) is 17.0. The van der Waals surface area contributed by atoms with E-state index in [1.807, 2.05) is 12.1 Å². The molecule has 1 fully saturated rings. The Morgan fingerprint density at radius 1 is 1.19 bits per heavy atom. The lowest BCUT2D eigenvalue weighted by molar-refractivity contribution is -0.136. The third-order valence-corrected chi connectivity index (χ3v) is 6.58. The van der Waals surface area contributed by atoms with Crippen molar-refractivity contribution in [2.75, 3.05) is 20.1 Å². The van der Waals surface area contributed by atoms with Gasteiger partial charge in [-0.25, -0.2) is 0 Å². The fourth-order valence-electron chi connectivity index (χ4n) is 3.23. The summed E-state index contributed by atoms with van der Waals surface area (Å²) in [4.78, 5) is 30.1. The van der Waals surface area contributed by atoms with Gasteiger partial charge in [0.1, 0.15) is 0 Å². The highest BCUT2D eigenvalue weighted by Gasteiger charge is 2.30. The van der Waals surface area contributed by atoms with Crippen molar-refractivity contribution in [3.63, 3.8) is 0 Å². The summed E-state index contributed by atoms with van der Waals surface area (Å²) in [5.74, 6) is -0.282. The monoisotopic (exact) mass is 444 g/mol. The smallest absolute Gasteiger partial charge is 0.253 e. The van der Waals surface area contributed by atoms with Crippen LogP contribution in [0.4, 0.5) is 0 Å². The van der Waals surface area contributed by atoms with Gasteiger partial charge in [0.05, 0.1) is 26.8 Å². The number of benzene rings is 1. The van der Waals surface area contributed by atoms with Crippen LogP contribution in [-0.2, 0) is 11.3 Å². The molecule has 0 aliphatic carbocycles. The Labute approximate surface area is 177 Å². The number of likely N-dealkylation sites (tertiary alicyclic amines) is 1. The van der Waals surface area contributed by atoms with Crippen molar-refractivity contribution in [1.29, 1.82) is 0 Å². The van der Waals surface area contributed by atoms with Crippen LogP contribution < -0.4 is 0 Å². The lowest BCUT2D eigenvalue weighted by Crippen LogP contribution is -2.45. The van der Waals surface area contributed by atoms with E-state index in [4.69, 9.17) is 34.8 Å². The zero-order valence-electron chi connectivity index (χ0n) is 14.8. The van der Waals surface area contributed by atoms with Gasteiger partial charge in [-0.1, -0.05) is 34.8 Å². The van der Waals surface area contributed by atoms with Crippen molar-refractivity contribution in [3.8, 4) is 0 Å². The molecule has 2 amide bonds. The number of hydrogen-bond acceptors (Lipinski definition) is 3. The number of piperidine rings is 1. The van der Waals surface area contributed by atoms with E-state index in [-0.39, 0.29) is 17.7 Å². The molecule has 2 heterocycles. The summed E-state index contributed by atoms with van der Waals surface area (Å²) < 4.78 is 0.710. The second kappa shape index (κ2) is 8.82. The van der Waals surface area contributed by atoms with Gasteiger partial charge in [0, 0.05) is 30.6 Å². The van der Waals surface area contributed by atoms with E-state index in [9.17, 15) is 9.59 Å². The lowest BCUT2D eigenvalue weighted by atomic mass is 9.96. The van der Waals surface area contributed by atoms with E-state index in [1.165, 1.54) is 11.3 Å². The SMILES string of the molecule is CN(Cc1ccc(Cl)s1)C(=O)C1CCCN(C(=O)c2ccc(Cl)c(Cl)c2)C1. The van der Waals surface area contributed by atoms with E-state index >= 15 is 0 Å². The highest BCUT2D eigenvalue weighted by atomic mass is 35.5. The Morgan fingerprint density at radius 3 is 2.63 bits per heavy atom. The van der Waals surface area contributed by atoms with Crippen LogP contribution in [0.2, 0.25) is 14.4 Å². The molecule has 0 N–H and O–H groups in total. The number of thiophene rings is 1. The van der Waals surface area contributed by atoms with Crippen molar-refractivity contribution in [2.24, 2.45) is 5.92 Å². The van der Waals surface area contributed by atoms with Gasteiger partial charge in [0.2, 0.25) is 5.91 Å². The van der Waals surface area contributed by atoms with Gasteiger partial charge >= 0.3 is 0 Å². The molecule has 1 aliphatic heterocycles. The van der Waals surface area contributed by atoms with Crippen molar-refractivity contribution in [3.05, 3.63) is 55.2 Å². The first-order chi connectivity index (χ1) is 12.8. The van der Waals surface area contributed by atoms with Gasteiger partial charge in [-0.2, -0.15) is 0 Å². The molecule has 3 rings (SSSR count). The van der Waals surface area contributed by atoms with Gasteiger partial charge in [0.15, 0.2) is 0 Å². The van der Waals surface area contributed by atoms with E-state index < -0.39 is 0 Å². The first-order valence-electron chi connectivity index (χ1n) is 8.58. The molecule has 1 aliphatic rings. The number of rotatable bonds is 4. The average Bonchev–Trinajstić information content (AvgIpc) is 3.07. The maximum Gasteiger partial charge on any atom is 0.253 e. The summed E-state index contributed by atoms with van der Waals surface area (Å²) in [5, 5.41) is 0.761. The second-order valence-corrected chi connectivity index (χ2v) is 9.23. The Kier molecular flexibility index (Phi) is 6.69. The third kappa shape index (κ3) is 4.96. The van der Waals surface area contributed by atoms with Crippen LogP contribution in [-0.4, -0.2) is 41.8 Å². The molecule has 0 spiro atoms. The van der Waals surface area contributed by atoms with Gasteiger partial charge in [-0.15, -0.1) is 11.3 Å². The topological polar surface area (TPSA) is 40.6 Å². The van der Waals surface area contributed by atoms with Crippen LogP contribution in [0.1, 0.15) is 28.1 Å². The van der Waals surface area contributed by atoms with Crippen molar-refractivity contribution in [2.45, 2.75) is 19.4 Å². The zero-order chi connectivity index (χ0) is 19.6. The molecule has 144 valence electrons. The minimum absolute atomic E-state index is 0.0474. The predicted molar refractivity (Wildman–Crippen MR) is 111 cm³/mol. The molecule has 27 heavy (non-hydrogen) atoms. The van der Waals surface area contributed by atoms with Crippen LogP contribution in [0.5, 0.6) is 0 Å². The van der Waals surface area contributed by atoms with Crippen molar-refractivity contribution >= 4 is 58.0 Å². The molecular weight excluding hydrogens is 427 g/mol. The average molecular weight is 446 g/mol. The largest absolute Gasteiger partial charge is 0.340 e. The van der Waals surface area contributed by atoms with Crippen molar-refractivity contribution < 1.29 is 9.59 Å². The Morgan fingerprint density at radius 2 is 1.96 bits per heavy atom. The van der Waals surface area contributed by atoms with Crippen molar-refractivity contribution in [1.82, 2.24) is 9.80 Å². The standard InChI is InChI=1S/C19H19Cl3N2O2S/c1-23(11-14-5-7-17(22)27-14)18(25)13-3-2-8-24(10-13)19(26)12-4-6-15(20)16(21)9-12/h4-7,9,13H,2-3,8,10-11H2,1H3. The summed E-state index contributed by atoms with van der Waals surface area (Å²) in [6.45, 7) is 1.56. The Balaban J connectivity index is 1.64. The van der Waals surface area contributed by atoms with Gasteiger partial charge in [-0.3, -0.25) is 9.59 Å². The highest BCUT2D eigenvalue weighted by molar-refractivity contribution is 7.16. The molecule has 2 aromatic rings. The molecule has 1 atom stereocenters. The Hall–Kier alpha value is -1.27. The van der Waals surface area contributed by atoms with E-state index in [2.05, 4.69) is 0 Å². The first-order valence-corrected chi connectivity index (χ1v) is 10.5. The fraction of sp³-hybridized carbons (Fsp3) is 0.368. The summed E-state index contributed by atoms with van der Waals surface area (Å²) in [6.07, 6.45) is 1.57. The lowest BCUT2D eigenvalue weighted by Gasteiger charge is -2.34.